The standard InChI is InChI=1S/C9H10N4O2/c1-14-7-4-2-3-6(5-7)8-12-13-9(11-10)15-8/h2-5H,10H2,1H3,(H,11,13). The van der Waals surface area contributed by atoms with Crippen molar-refractivity contribution in [1.82, 2.24) is 10.2 Å². The number of methoxy groups -OCH3 is 1. The maximum absolute atomic E-state index is 5.20. The second-order valence-electron chi connectivity index (χ2n) is 2.79. The number of rotatable bonds is 3. The molecule has 0 aliphatic heterocycles. The first kappa shape index (κ1) is 9.47. The molecular formula is C9H10N4O2. The Labute approximate surface area is 86.0 Å². The summed E-state index contributed by atoms with van der Waals surface area (Å²) in [4.78, 5) is 0. The second kappa shape index (κ2) is 3.97. The Balaban J connectivity index is 2.35. The van der Waals surface area contributed by atoms with Crippen LogP contribution in [-0.4, -0.2) is 17.3 Å². The smallest absolute Gasteiger partial charge is 0.330 e. The van der Waals surface area contributed by atoms with Crippen molar-refractivity contribution in [2.45, 2.75) is 0 Å². The summed E-state index contributed by atoms with van der Waals surface area (Å²) in [5, 5.41) is 7.49. The van der Waals surface area contributed by atoms with E-state index in [1.165, 1.54) is 0 Å². The Hall–Kier alpha value is -2.08. The summed E-state index contributed by atoms with van der Waals surface area (Å²) < 4.78 is 10.3. The maximum atomic E-state index is 5.20. The molecule has 0 bridgehead atoms. The molecule has 0 amide bonds. The van der Waals surface area contributed by atoms with Gasteiger partial charge in [0.05, 0.1) is 7.11 Å². The summed E-state index contributed by atoms with van der Waals surface area (Å²) in [5.74, 6) is 6.25. The Morgan fingerprint density at radius 3 is 2.93 bits per heavy atom. The molecule has 6 heteroatoms. The molecule has 15 heavy (non-hydrogen) atoms. The van der Waals surface area contributed by atoms with Gasteiger partial charge in [0, 0.05) is 5.56 Å². The summed E-state index contributed by atoms with van der Waals surface area (Å²) >= 11 is 0. The molecule has 2 aromatic rings. The van der Waals surface area contributed by atoms with E-state index < -0.39 is 0 Å². The monoisotopic (exact) mass is 206 g/mol. The Kier molecular flexibility index (Phi) is 2.51. The molecule has 0 aliphatic carbocycles. The molecule has 6 nitrogen and oxygen atoms in total. The predicted octanol–water partition coefficient (Wildman–Crippen LogP) is 1.03. The van der Waals surface area contributed by atoms with E-state index in [1.807, 2.05) is 18.2 Å². The molecule has 0 spiro atoms. The van der Waals surface area contributed by atoms with Gasteiger partial charge in [0.15, 0.2) is 0 Å². The van der Waals surface area contributed by atoms with Crippen LogP contribution in [0, 0.1) is 0 Å². The lowest BCUT2D eigenvalue weighted by molar-refractivity contribution is 0.415. The third kappa shape index (κ3) is 1.89. The third-order valence-corrected chi connectivity index (χ3v) is 1.87. The normalized spacial score (nSPS) is 10.0. The average molecular weight is 206 g/mol. The van der Waals surface area contributed by atoms with E-state index in [1.54, 1.807) is 13.2 Å². The van der Waals surface area contributed by atoms with Crippen LogP contribution in [0.25, 0.3) is 11.5 Å². The molecule has 0 aliphatic rings. The highest BCUT2D eigenvalue weighted by atomic mass is 16.5. The van der Waals surface area contributed by atoms with E-state index in [4.69, 9.17) is 15.0 Å². The van der Waals surface area contributed by atoms with E-state index in [0.29, 0.717) is 5.89 Å². The highest BCUT2D eigenvalue weighted by Gasteiger charge is 2.07. The molecule has 1 aromatic carbocycles. The lowest BCUT2D eigenvalue weighted by Crippen LogP contribution is -2.06. The molecule has 0 unspecified atom stereocenters. The minimum atomic E-state index is 0.174. The first-order chi connectivity index (χ1) is 7.33. The third-order valence-electron chi connectivity index (χ3n) is 1.87. The number of ether oxygens (including phenoxy) is 1. The van der Waals surface area contributed by atoms with Crippen LogP contribution in [0.15, 0.2) is 28.7 Å². The molecule has 0 saturated heterocycles. The molecule has 0 fully saturated rings. The van der Waals surface area contributed by atoms with Crippen LogP contribution in [0.5, 0.6) is 5.75 Å². The molecule has 0 saturated carbocycles. The van der Waals surface area contributed by atoms with Crippen molar-refractivity contribution in [3.63, 3.8) is 0 Å². The Morgan fingerprint density at radius 1 is 1.40 bits per heavy atom. The minimum Gasteiger partial charge on any atom is -0.497 e. The van der Waals surface area contributed by atoms with E-state index in [-0.39, 0.29) is 6.01 Å². The molecule has 3 N–H and O–H groups in total. The highest BCUT2D eigenvalue weighted by Crippen LogP contribution is 2.23. The van der Waals surface area contributed by atoms with Crippen molar-refractivity contribution in [3.05, 3.63) is 24.3 Å². The summed E-state index contributed by atoms with van der Waals surface area (Å²) in [7, 11) is 1.60. The molecule has 0 radical (unpaired) electrons. The van der Waals surface area contributed by atoms with Crippen LogP contribution in [0.4, 0.5) is 6.01 Å². The quantitative estimate of drug-likeness (QED) is 0.576. The fourth-order valence-electron chi connectivity index (χ4n) is 1.15. The number of aromatic nitrogens is 2. The van der Waals surface area contributed by atoms with Crippen molar-refractivity contribution >= 4 is 6.01 Å². The van der Waals surface area contributed by atoms with Gasteiger partial charge in [-0.05, 0) is 18.2 Å². The van der Waals surface area contributed by atoms with Gasteiger partial charge in [-0.3, -0.25) is 5.43 Å². The van der Waals surface area contributed by atoms with Gasteiger partial charge >= 0.3 is 6.01 Å². The van der Waals surface area contributed by atoms with E-state index in [9.17, 15) is 0 Å². The van der Waals surface area contributed by atoms with Crippen LogP contribution in [-0.2, 0) is 0 Å². The van der Waals surface area contributed by atoms with Gasteiger partial charge in [0.2, 0.25) is 5.89 Å². The van der Waals surface area contributed by atoms with Crippen LogP contribution >= 0.6 is 0 Å². The van der Waals surface area contributed by atoms with Crippen molar-refractivity contribution in [2.24, 2.45) is 5.84 Å². The predicted molar refractivity (Wildman–Crippen MR) is 54.1 cm³/mol. The molecule has 1 heterocycles. The number of benzene rings is 1. The molecular weight excluding hydrogens is 196 g/mol. The van der Waals surface area contributed by atoms with Crippen molar-refractivity contribution in [1.29, 1.82) is 0 Å². The number of nitrogens with one attached hydrogen (secondary N) is 1. The van der Waals surface area contributed by atoms with Crippen LogP contribution < -0.4 is 16.0 Å². The molecule has 78 valence electrons. The van der Waals surface area contributed by atoms with Crippen molar-refractivity contribution in [2.75, 3.05) is 12.5 Å². The number of nitrogens with two attached hydrogens (primary N) is 1. The fraction of sp³-hybridized carbons (Fsp3) is 0.111. The summed E-state index contributed by atoms with van der Waals surface area (Å²) in [6, 6.07) is 7.49. The zero-order chi connectivity index (χ0) is 10.7. The number of hydrogen-bond acceptors (Lipinski definition) is 6. The zero-order valence-electron chi connectivity index (χ0n) is 8.10. The van der Waals surface area contributed by atoms with Gasteiger partial charge in [0.1, 0.15) is 5.75 Å². The van der Waals surface area contributed by atoms with E-state index in [0.717, 1.165) is 11.3 Å². The fourth-order valence-corrected chi connectivity index (χ4v) is 1.15. The van der Waals surface area contributed by atoms with Crippen molar-refractivity contribution in [3.8, 4) is 17.2 Å². The van der Waals surface area contributed by atoms with E-state index in [2.05, 4.69) is 15.6 Å². The first-order valence-corrected chi connectivity index (χ1v) is 4.28. The number of hydrogen-bond donors (Lipinski definition) is 2. The van der Waals surface area contributed by atoms with E-state index >= 15 is 0 Å². The number of nitrogens with zero attached hydrogens (tertiary/aromatic N) is 2. The van der Waals surface area contributed by atoms with Gasteiger partial charge < -0.3 is 9.15 Å². The van der Waals surface area contributed by atoms with Gasteiger partial charge in [-0.15, -0.1) is 5.10 Å². The Bertz CT molecular complexity index is 455. The maximum Gasteiger partial charge on any atom is 0.330 e. The van der Waals surface area contributed by atoms with Crippen LogP contribution in [0.3, 0.4) is 0 Å². The second-order valence-corrected chi connectivity index (χ2v) is 2.79. The largest absolute Gasteiger partial charge is 0.497 e. The van der Waals surface area contributed by atoms with Crippen LogP contribution in [0.1, 0.15) is 0 Å². The van der Waals surface area contributed by atoms with Gasteiger partial charge in [-0.2, -0.15) is 0 Å². The first-order valence-electron chi connectivity index (χ1n) is 4.28. The van der Waals surface area contributed by atoms with Gasteiger partial charge in [-0.25, -0.2) is 5.84 Å². The molecule has 2 rings (SSSR count). The molecule has 1 aromatic heterocycles. The van der Waals surface area contributed by atoms with Gasteiger partial charge in [-0.1, -0.05) is 11.2 Å². The lowest BCUT2D eigenvalue weighted by Gasteiger charge is -1.99. The highest BCUT2D eigenvalue weighted by molar-refractivity contribution is 5.56. The zero-order valence-corrected chi connectivity index (χ0v) is 8.10. The molecule has 0 atom stereocenters. The summed E-state index contributed by atoms with van der Waals surface area (Å²) in [6.45, 7) is 0. The lowest BCUT2D eigenvalue weighted by atomic mass is 10.2. The number of nitrogen functional groups attached to an aromatic ring is 1. The number of hydrazine groups is 1. The van der Waals surface area contributed by atoms with Crippen LogP contribution in [0.2, 0.25) is 0 Å². The summed E-state index contributed by atoms with van der Waals surface area (Å²) in [5.41, 5.74) is 3.06. The summed E-state index contributed by atoms with van der Waals surface area (Å²) in [6.07, 6.45) is 0. The van der Waals surface area contributed by atoms with Crippen molar-refractivity contribution < 1.29 is 9.15 Å². The SMILES string of the molecule is COc1cccc(-c2nnc(NN)o2)c1. The Morgan fingerprint density at radius 2 is 2.27 bits per heavy atom. The van der Waals surface area contributed by atoms with Gasteiger partial charge in [0.25, 0.3) is 0 Å². The minimum absolute atomic E-state index is 0.174. The average Bonchev–Trinajstić information content (AvgIpc) is 2.78. The number of anilines is 1. The topological polar surface area (TPSA) is 86.2 Å².